The van der Waals surface area contributed by atoms with Gasteiger partial charge in [0, 0.05) is 123 Å². The number of aromatic hydroxyl groups is 1. The van der Waals surface area contributed by atoms with Crippen LogP contribution in [0.15, 0.2) is 83.9 Å². The minimum atomic E-state index is -1.24. The van der Waals surface area contributed by atoms with Gasteiger partial charge in [0.2, 0.25) is 35.4 Å². The van der Waals surface area contributed by atoms with E-state index >= 15 is 0 Å². The van der Waals surface area contributed by atoms with E-state index in [-0.39, 0.29) is 193 Å². The van der Waals surface area contributed by atoms with Crippen LogP contribution in [0.25, 0.3) is 0 Å². The maximum Gasteiger partial charge on any atom is 0.323 e. The predicted molar refractivity (Wildman–Crippen MR) is 347 cm³/mol. The van der Waals surface area contributed by atoms with E-state index in [1.807, 2.05) is 11.0 Å². The van der Waals surface area contributed by atoms with Crippen LogP contribution < -0.4 is 42.4 Å². The van der Waals surface area contributed by atoms with Crippen LogP contribution in [0.1, 0.15) is 87.3 Å². The molecule has 13 N–H and O–H groups in total. The van der Waals surface area contributed by atoms with E-state index < -0.39 is 78.1 Å². The molecule has 2 saturated heterocycles. The highest BCUT2D eigenvalue weighted by Gasteiger charge is 2.33. The quantitative estimate of drug-likeness (QED) is 0.0204. The van der Waals surface area contributed by atoms with E-state index in [1.54, 1.807) is 87.2 Å². The molecular weight excluding hydrogens is 1240 g/mol. The van der Waals surface area contributed by atoms with Gasteiger partial charge in [-0.15, -0.1) is 0 Å². The van der Waals surface area contributed by atoms with E-state index in [0.29, 0.717) is 41.7 Å². The van der Waals surface area contributed by atoms with Crippen LogP contribution in [0.4, 0.5) is 4.79 Å². The average Bonchev–Trinajstić information content (AvgIpc) is 0.963. The molecule has 8 amide bonds. The first-order valence-electron chi connectivity index (χ1n) is 31.9. The number of piperidine rings is 1. The number of aliphatic imine (C=N–C) groups is 1. The lowest BCUT2D eigenvalue weighted by Gasteiger charge is -2.39. The molecule has 0 bridgehead atoms. The minimum Gasteiger partial charge on any atom is -0.508 e. The van der Waals surface area contributed by atoms with Crippen molar-refractivity contribution in [2.24, 2.45) is 10.7 Å². The number of rotatable bonds is 35. The van der Waals surface area contributed by atoms with Gasteiger partial charge < -0.3 is 72.4 Å². The normalized spacial score (nSPS) is 15.5. The largest absolute Gasteiger partial charge is 0.508 e. The van der Waals surface area contributed by atoms with Crippen LogP contribution in [0.3, 0.4) is 0 Å². The fourth-order valence-electron chi connectivity index (χ4n) is 10.7. The zero-order valence-electron chi connectivity index (χ0n) is 53.8. The fraction of sp³-hybridized carbons (Fsp3) is 0.531. The average molecular weight is 1330 g/mol. The molecule has 2 fully saturated rings. The zero-order chi connectivity index (χ0) is 69.1. The summed E-state index contributed by atoms with van der Waals surface area (Å²) in [5.74, 6) is -7.32. The maximum atomic E-state index is 14.5. The lowest BCUT2D eigenvalue weighted by atomic mass is 9.90. The van der Waals surface area contributed by atoms with Crippen LogP contribution in [0.2, 0.25) is 0 Å². The summed E-state index contributed by atoms with van der Waals surface area (Å²) in [6.45, 7) is 3.46. The highest BCUT2D eigenvalue weighted by atomic mass is 16.5. The third-order valence-electron chi connectivity index (χ3n) is 15.8. The Hall–Kier alpha value is -9.46. The summed E-state index contributed by atoms with van der Waals surface area (Å²) in [6, 6.07) is 20.1. The van der Waals surface area contributed by atoms with Gasteiger partial charge in [-0.3, -0.25) is 77.9 Å². The number of phenolic OH excluding ortho intramolecular Hbond substituents is 1. The summed E-state index contributed by atoms with van der Waals surface area (Å²) in [6.07, 6.45) is 1.80. The number of urea groups is 1. The van der Waals surface area contributed by atoms with Crippen molar-refractivity contribution in [3.05, 3.63) is 95.6 Å². The fourth-order valence-corrected chi connectivity index (χ4v) is 10.7. The molecule has 520 valence electrons. The first-order valence-corrected chi connectivity index (χ1v) is 31.9. The number of amides is 8. The molecule has 31 nitrogen and oxygen atoms in total. The predicted octanol–water partition coefficient (Wildman–Crippen LogP) is -0.319. The van der Waals surface area contributed by atoms with Crippen molar-refractivity contribution >= 4 is 71.3 Å². The van der Waals surface area contributed by atoms with Crippen molar-refractivity contribution in [1.29, 1.82) is 0 Å². The molecule has 3 aromatic carbocycles. The van der Waals surface area contributed by atoms with Crippen molar-refractivity contribution < 1.29 is 83.0 Å². The number of benzene rings is 3. The van der Waals surface area contributed by atoms with Gasteiger partial charge in [0.15, 0.2) is 5.96 Å². The van der Waals surface area contributed by atoms with E-state index in [4.69, 9.17) is 10.5 Å². The molecule has 2 heterocycles. The molecule has 95 heavy (non-hydrogen) atoms. The van der Waals surface area contributed by atoms with Gasteiger partial charge in [0.25, 0.3) is 0 Å². The molecule has 3 aromatic rings. The van der Waals surface area contributed by atoms with Gasteiger partial charge in [-0.2, -0.15) is 0 Å². The molecule has 0 aromatic heterocycles. The van der Waals surface area contributed by atoms with Crippen molar-refractivity contribution in [2.75, 3.05) is 131 Å². The Labute approximate surface area is 551 Å². The van der Waals surface area contributed by atoms with Crippen LogP contribution in [-0.4, -0.2) is 269 Å². The van der Waals surface area contributed by atoms with Crippen LogP contribution in [0.5, 0.6) is 11.5 Å². The minimum absolute atomic E-state index is 0.0597. The van der Waals surface area contributed by atoms with E-state index in [9.17, 15) is 78.3 Å². The Morgan fingerprint density at radius 1 is 0.611 bits per heavy atom. The number of nitrogens with two attached hydrogens (primary N) is 1. The molecule has 31 heteroatoms. The number of carboxylic acid groups (broad SMARTS) is 4. The van der Waals surface area contributed by atoms with E-state index in [0.717, 1.165) is 0 Å². The summed E-state index contributed by atoms with van der Waals surface area (Å²) in [5, 5.41) is 64.4. The Bertz CT molecular complexity index is 3010. The third kappa shape index (κ3) is 29.6. The molecular formula is C64H92N14O17. The second-order valence-electron chi connectivity index (χ2n) is 23.1. The number of hydrogen-bond acceptors (Lipinski definition) is 18. The maximum absolute atomic E-state index is 14.5. The van der Waals surface area contributed by atoms with Gasteiger partial charge in [0.05, 0.1) is 38.7 Å². The number of nitrogens with zero attached hydrogens (tertiary/aromatic N) is 7. The number of nitrogens with one attached hydrogen (secondary N) is 6. The lowest BCUT2D eigenvalue weighted by molar-refractivity contribution is -0.148. The summed E-state index contributed by atoms with van der Waals surface area (Å²) in [7, 11) is 0. The number of carboxylic acids is 4. The SMILES string of the molecule is CCC(=O)NCCNC(=O)NC(N)=NCCC[C@@H](NC(=O)C(c1ccccc1)c1cccc(OCCCCNC(=O)CCC(=O)N(CC(=O)O)C2CCN(C(=O)CN3CCN(CC(=O)O)CCN(CC(=O)O)CCN(CC(=O)O)CC3)CC2)c1)C(=O)NCc1ccc(O)cc1. The first-order chi connectivity index (χ1) is 45.5. The van der Waals surface area contributed by atoms with Gasteiger partial charge in [-0.25, -0.2) is 4.79 Å². The van der Waals surface area contributed by atoms with Crippen molar-refractivity contribution in [3.63, 3.8) is 0 Å². The van der Waals surface area contributed by atoms with E-state index in [1.165, 1.54) is 17.0 Å². The number of likely N-dealkylation sites (tertiary alicyclic amines) is 1. The second-order valence-corrected chi connectivity index (χ2v) is 23.1. The Morgan fingerprint density at radius 2 is 1.18 bits per heavy atom. The molecule has 0 aliphatic carbocycles. The van der Waals surface area contributed by atoms with Crippen LogP contribution in [0, 0.1) is 0 Å². The van der Waals surface area contributed by atoms with Crippen molar-refractivity contribution in [2.45, 2.75) is 89.3 Å². The number of hydrogen-bond donors (Lipinski definition) is 12. The lowest BCUT2D eigenvalue weighted by Crippen LogP contribution is -2.53. The number of unbranched alkanes of at least 4 members (excludes halogenated alkanes) is 1. The molecule has 1 unspecified atom stereocenters. The zero-order valence-corrected chi connectivity index (χ0v) is 53.8. The Kier molecular flexibility index (Phi) is 33.1. The van der Waals surface area contributed by atoms with Gasteiger partial charge in [-0.1, -0.05) is 61.5 Å². The number of guanidine groups is 1. The summed E-state index contributed by atoms with van der Waals surface area (Å²) in [5.41, 5.74) is 7.86. The molecule has 2 aliphatic heterocycles. The van der Waals surface area contributed by atoms with Gasteiger partial charge in [0.1, 0.15) is 24.1 Å². The molecule has 5 rings (SSSR count). The second kappa shape index (κ2) is 41.3. The van der Waals surface area contributed by atoms with Crippen molar-refractivity contribution in [3.8, 4) is 11.5 Å². The summed E-state index contributed by atoms with van der Waals surface area (Å²) in [4.78, 5) is 153. The third-order valence-corrected chi connectivity index (χ3v) is 15.8. The van der Waals surface area contributed by atoms with Crippen molar-refractivity contribution in [1.82, 2.24) is 61.3 Å². The van der Waals surface area contributed by atoms with Gasteiger partial charge >= 0.3 is 29.9 Å². The number of aliphatic carboxylic acids is 4. The topological polar surface area (TPSA) is 428 Å². The number of phenols is 1. The first kappa shape index (κ1) is 76.3. The van der Waals surface area contributed by atoms with E-state index in [2.05, 4.69) is 36.9 Å². The smallest absolute Gasteiger partial charge is 0.323 e. The summed E-state index contributed by atoms with van der Waals surface area (Å²) >= 11 is 0. The summed E-state index contributed by atoms with van der Waals surface area (Å²) < 4.78 is 6.11. The molecule has 0 spiro atoms. The highest BCUT2D eigenvalue weighted by molar-refractivity contribution is 5.95. The Balaban J connectivity index is 1.10. The monoisotopic (exact) mass is 1330 g/mol. The molecule has 2 atom stereocenters. The number of ether oxygens (including phenoxy) is 1. The highest BCUT2D eigenvalue weighted by Crippen LogP contribution is 2.29. The molecule has 0 radical (unpaired) electrons. The molecule has 2 aliphatic rings. The van der Waals surface area contributed by atoms with Crippen LogP contribution in [-0.2, 0) is 54.5 Å². The van der Waals surface area contributed by atoms with Gasteiger partial charge in [-0.05, 0) is 79.5 Å². The molecule has 0 saturated carbocycles. The Morgan fingerprint density at radius 3 is 1.76 bits per heavy atom. The number of carbonyl (C=O) groups is 11. The standard InChI is InChI=1S/C64H92N14O17/c1-2-52(80)67-25-26-69-64(94)72-63(65)68-24-9-14-51(61(92)70-39-45-15-17-49(79)18-16-45)71-62(93)60(46-10-4-3-5-11-46)47-12-8-13-50(38-47)95-37-7-6-23-66-53(81)19-20-54(82)78(44-59(90)91)48-21-27-77(28-22-48)55(83)40-73-29-31-74(41-56(84)85)33-35-76(43-58(88)89)36-34-75(32-30-73)42-57(86)87/h3-5,8,10-13,15-18,38,48,51,60,79H,2,6-7,9,14,19-37,39-44H2,1H3,(H,66,81)(H,67,80)(H,70,92)(H,71,93)(H,84,85)(H,86,87)(H,88,89)(H,90,91)(H4,65,68,69,72,94)/t51-,60?/m1/s1. The van der Waals surface area contributed by atoms with Crippen LogP contribution >= 0.6 is 0 Å². The number of carbonyl (C=O) groups excluding carboxylic acids is 7.